The van der Waals surface area contributed by atoms with Gasteiger partial charge in [-0.2, -0.15) is 0 Å². The van der Waals surface area contributed by atoms with Crippen molar-refractivity contribution in [2.45, 2.75) is 9.96 Å². The number of amides is 1. The largest absolute Gasteiger partial charge is 0.339 e. The van der Waals surface area contributed by atoms with Crippen LogP contribution in [0, 0.1) is 0 Å². The predicted octanol–water partition coefficient (Wildman–Crippen LogP) is 3.18. The minimum atomic E-state index is -1.73. The Labute approximate surface area is 139 Å². The molecular weight excluding hydrogens is 396 g/mol. The highest BCUT2D eigenvalue weighted by Gasteiger charge is 2.32. The van der Waals surface area contributed by atoms with E-state index in [1.54, 1.807) is 0 Å². The number of alkyl halides is 3. The fourth-order valence-corrected chi connectivity index (χ4v) is 2.14. The first kappa shape index (κ1) is 16.8. The van der Waals surface area contributed by atoms with Crippen LogP contribution in [0.4, 0.5) is 5.69 Å². The first-order chi connectivity index (χ1) is 8.82. The van der Waals surface area contributed by atoms with Crippen LogP contribution in [0.25, 0.3) is 0 Å². The molecule has 0 bridgehead atoms. The van der Waals surface area contributed by atoms with Crippen molar-refractivity contribution in [2.75, 3.05) is 5.32 Å². The topological polar surface area (TPSA) is 53.2 Å². The van der Waals surface area contributed by atoms with Crippen LogP contribution in [-0.2, 0) is 4.79 Å². The van der Waals surface area contributed by atoms with Gasteiger partial charge in [0.25, 0.3) is 0 Å². The Morgan fingerprint density at radius 2 is 2.11 bits per heavy atom. The van der Waals surface area contributed by atoms with E-state index in [0.29, 0.717) is 6.41 Å². The van der Waals surface area contributed by atoms with Crippen LogP contribution in [0.2, 0.25) is 0 Å². The molecule has 0 saturated carbocycles. The zero-order valence-corrected chi connectivity index (χ0v) is 14.0. The van der Waals surface area contributed by atoms with Crippen molar-refractivity contribution in [3.63, 3.8) is 0 Å². The van der Waals surface area contributed by atoms with E-state index in [1.165, 1.54) is 0 Å². The van der Waals surface area contributed by atoms with Gasteiger partial charge in [-0.1, -0.05) is 56.8 Å². The average Bonchev–Trinajstić information content (AvgIpc) is 2.27. The summed E-state index contributed by atoms with van der Waals surface area (Å²) in [7, 11) is 0. The first-order valence-electron chi connectivity index (χ1n) is 4.92. The van der Waals surface area contributed by atoms with E-state index in [-0.39, 0.29) is 5.11 Å². The fourth-order valence-electron chi connectivity index (χ4n) is 1.15. The Morgan fingerprint density at radius 1 is 1.42 bits per heavy atom. The highest BCUT2D eigenvalue weighted by molar-refractivity contribution is 9.10. The number of nitrogens with one attached hydrogen (secondary N) is 3. The summed E-state index contributed by atoms with van der Waals surface area (Å²) in [5.41, 5.74) is 0.751. The molecule has 1 unspecified atom stereocenters. The fraction of sp³-hybridized carbons (Fsp3) is 0.200. The summed E-state index contributed by atoms with van der Waals surface area (Å²) >= 11 is 25.5. The number of rotatable bonds is 4. The lowest BCUT2D eigenvalue weighted by Crippen LogP contribution is -2.53. The van der Waals surface area contributed by atoms with Gasteiger partial charge >= 0.3 is 0 Å². The smallest absolute Gasteiger partial charge is 0.228 e. The molecule has 0 radical (unpaired) electrons. The van der Waals surface area contributed by atoms with E-state index in [9.17, 15) is 4.79 Å². The van der Waals surface area contributed by atoms with Gasteiger partial charge in [0.15, 0.2) is 5.11 Å². The number of thiocarbonyl (C=S) groups is 1. The average molecular weight is 406 g/mol. The molecule has 1 aromatic carbocycles. The molecule has 9 heteroatoms. The van der Waals surface area contributed by atoms with Crippen LogP contribution in [-0.4, -0.2) is 21.5 Å². The monoisotopic (exact) mass is 403 g/mol. The molecule has 0 heterocycles. The summed E-state index contributed by atoms with van der Waals surface area (Å²) in [6, 6.07) is 7.35. The minimum absolute atomic E-state index is 0.212. The van der Waals surface area contributed by atoms with Crippen LogP contribution in [0.1, 0.15) is 0 Å². The Balaban J connectivity index is 2.65. The van der Waals surface area contributed by atoms with Crippen LogP contribution in [0.5, 0.6) is 0 Å². The van der Waals surface area contributed by atoms with E-state index < -0.39 is 9.96 Å². The zero-order valence-electron chi connectivity index (χ0n) is 9.29. The maximum absolute atomic E-state index is 10.4. The van der Waals surface area contributed by atoms with Gasteiger partial charge in [-0.05, 0) is 30.4 Å². The van der Waals surface area contributed by atoms with Crippen molar-refractivity contribution in [2.24, 2.45) is 0 Å². The molecule has 104 valence electrons. The molecule has 1 atom stereocenters. The number of anilines is 1. The van der Waals surface area contributed by atoms with Crippen molar-refractivity contribution in [3.8, 4) is 0 Å². The molecule has 19 heavy (non-hydrogen) atoms. The van der Waals surface area contributed by atoms with E-state index in [1.807, 2.05) is 24.3 Å². The lowest BCUT2D eigenvalue weighted by Gasteiger charge is -2.26. The van der Waals surface area contributed by atoms with Crippen molar-refractivity contribution in [1.82, 2.24) is 10.6 Å². The third-order valence-electron chi connectivity index (χ3n) is 1.92. The third kappa shape index (κ3) is 6.14. The lowest BCUT2D eigenvalue weighted by molar-refractivity contribution is -0.110. The van der Waals surface area contributed by atoms with Crippen molar-refractivity contribution >= 4 is 80.2 Å². The van der Waals surface area contributed by atoms with Gasteiger partial charge in [-0.3, -0.25) is 4.79 Å². The molecule has 0 aromatic heterocycles. The van der Waals surface area contributed by atoms with Crippen molar-refractivity contribution in [3.05, 3.63) is 28.7 Å². The third-order valence-corrected chi connectivity index (χ3v) is 3.29. The molecule has 0 spiro atoms. The summed E-state index contributed by atoms with van der Waals surface area (Å²) in [5.74, 6) is 0. The second-order valence-electron chi connectivity index (χ2n) is 3.37. The molecule has 3 N–H and O–H groups in total. The highest BCUT2D eigenvalue weighted by atomic mass is 79.9. The summed E-state index contributed by atoms with van der Waals surface area (Å²) in [6.45, 7) is 0. The molecule has 1 amide bonds. The first-order valence-corrected chi connectivity index (χ1v) is 7.26. The standard InChI is InChI=1S/C10H9BrCl3N3OS/c11-6-2-1-3-7(4-6)16-9(19)17-8(15-5-18)10(12,13)14/h1-5,8H,(H,15,18)(H2,16,17,19). The predicted molar refractivity (Wildman–Crippen MR) is 86.8 cm³/mol. The second-order valence-corrected chi connectivity index (χ2v) is 7.06. The van der Waals surface area contributed by atoms with Gasteiger partial charge in [0.1, 0.15) is 6.17 Å². The number of hydrogen-bond acceptors (Lipinski definition) is 2. The Bertz CT molecular complexity index is 470. The van der Waals surface area contributed by atoms with E-state index in [4.69, 9.17) is 47.0 Å². The van der Waals surface area contributed by atoms with E-state index >= 15 is 0 Å². The number of carbonyl (C=O) groups excluding carboxylic acids is 1. The Hall–Kier alpha value is -0.270. The highest BCUT2D eigenvalue weighted by Crippen LogP contribution is 2.28. The maximum atomic E-state index is 10.4. The molecule has 0 fully saturated rings. The van der Waals surface area contributed by atoms with Gasteiger partial charge < -0.3 is 16.0 Å². The SMILES string of the molecule is O=CNC(NC(=S)Nc1cccc(Br)c1)C(Cl)(Cl)Cl. The molecule has 0 aliphatic carbocycles. The Morgan fingerprint density at radius 3 is 2.63 bits per heavy atom. The molecule has 0 aliphatic heterocycles. The number of carbonyl (C=O) groups is 1. The minimum Gasteiger partial charge on any atom is -0.339 e. The van der Waals surface area contributed by atoms with Gasteiger partial charge in [0, 0.05) is 10.2 Å². The van der Waals surface area contributed by atoms with Crippen LogP contribution >= 0.6 is 63.0 Å². The summed E-state index contributed by atoms with van der Waals surface area (Å²) in [5, 5.41) is 8.13. The normalized spacial score (nSPS) is 12.4. The van der Waals surface area contributed by atoms with E-state index in [0.717, 1.165) is 10.2 Å². The molecule has 4 nitrogen and oxygen atoms in total. The maximum Gasteiger partial charge on any atom is 0.228 e. The van der Waals surface area contributed by atoms with Gasteiger partial charge in [-0.15, -0.1) is 0 Å². The molecule has 0 aliphatic rings. The zero-order chi connectivity index (χ0) is 14.5. The molecule has 1 rings (SSSR count). The summed E-state index contributed by atoms with van der Waals surface area (Å²) in [4.78, 5) is 10.4. The quantitative estimate of drug-likeness (QED) is 0.312. The number of halogens is 4. The Kier molecular flexibility index (Phi) is 6.62. The summed E-state index contributed by atoms with van der Waals surface area (Å²) in [6.07, 6.45) is -0.525. The van der Waals surface area contributed by atoms with Gasteiger partial charge in [0.2, 0.25) is 10.2 Å². The van der Waals surface area contributed by atoms with Crippen LogP contribution < -0.4 is 16.0 Å². The molecular formula is C10H9BrCl3N3OS. The molecule has 1 aromatic rings. The lowest BCUT2D eigenvalue weighted by atomic mass is 10.3. The van der Waals surface area contributed by atoms with E-state index in [2.05, 4.69) is 31.9 Å². The van der Waals surface area contributed by atoms with Gasteiger partial charge in [0.05, 0.1) is 0 Å². The van der Waals surface area contributed by atoms with Crippen molar-refractivity contribution in [1.29, 1.82) is 0 Å². The second kappa shape index (κ2) is 7.50. The van der Waals surface area contributed by atoms with Crippen LogP contribution in [0.3, 0.4) is 0 Å². The number of benzene rings is 1. The van der Waals surface area contributed by atoms with Crippen molar-refractivity contribution < 1.29 is 4.79 Å². The molecule has 0 saturated heterocycles. The number of hydrogen-bond donors (Lipinski definition) is 3. The van der Waals surface area contributed by atoms with Gasteiger partial charge in [-0.25, -0.2) is 0 Å². The van der Waals surface area contributed by atoms with Crippen LogP contribution in [0.15, 0.2) is 28.7 Å². The summed E-state index contributed by atoms with van der Waals surface area (Å²) < 4.78 is -0.839.